The summed E-state index contributed by atoms with van der Waals surface area (Å²) >= 11 is 0. The molecule has 1 saturated heterocycles. The minimum atomic E-state index is -0.215. The Morgan fingerprint density at radius 2 is 2.27 bits per heavy atom. The molecule has 3 nitrogen and oxygen atoms in total. The van der Waals surface area contributed by atoms with Crippen LogP contribution in [0.3, 0.4) is 0 Å². The van der Waals surface area contributed by atoms with E-state index in [-0.39, 0.29) is 11.6 Å². The van der Waals surface area contributed by atoms with Crippen LogP contribution in [0.15, 0.2) is 0 Å². The van der Waals surface area contributed by atoms with E-state index in [1.54, 1.807) is 0 Å². The molecule has 0 amide bonds. The molecule has 66 valence electrons. The van der Waals surface area contributed by atoms with Gasteiger partial charge in [0.05, 0.1) is 6.10 Å². The number of hydrogen-bond acceptors (Lipinski definition) is 3. The smallest absolute Gasteiger partial charge is 0.0530 e. The highest BCUT2D eigenvalue weighted by molar-refractivity contribution is 4.90. The maximum Gasteiger partial charge on any atom is 0.0530 e. The maximum absolute atomic E-state index is 9.20. The predicted molar refractivity (Wildman–Crippen MR) is 45.6 cm³/mol. The molecule has 0 saturated carbocycles. The van der Waals surface area contributed by atoms with E-state index in [0.717, 1.165) is 26.1 Å². The summed E-state index contributed by atoms with van der Waals surface area (Å²) in [5.74, 6) is 0. The standard InChI is InChI=1S/C8H18N2O/c1-7(11)5-8(2)6-9-3-4-10-8/h7,9-11H,3-6H2,1-2H3/t7-,8?/m0/s1. The van der Waals surface area contributed by atoms with Gasteiger partial charge in [0.1, 0.15) is 0 Å². The van der Waals surface area contributed by atoms with Gasteiger partial charge in [-0.2, -0.15) is 0 Å². The Kier molecular flexibility index (Phi) is 2.87. The van der Waals surface area contributed by atoms with Crippen LogP contribution in [0.25, 0.3) is 0 Å². The third-order valence-corrected chi connectivity index (χ3v) is 2.11. The number of rotatable bonds is 2. The second-order valence-corrected chi connectivity index (χ2v) is 3.72. The minimum Gasteiger partial charge on any atom is -0.393 e. The lowest BCUT2D eigenvalue weighted by molar-refractivity contribution is 0.130. The predicted octanol–water partition coefficient (Wildman–Crippen LogP) is -0.291. The highest BCUT2D eigenvalue weighted by Gasteiger charge is 2.26. The summed E-state index contributed by atoms with van der Waals surface area (Å²) in [6, 6.07) is 0. The van der Waals surface area contributed by atoms with E-state index in [0.29, 0.717) is 0 Å². The number of hydrogen-bond donors (Lipinski definition) is 3. The molecule has 1 aliphatic heterocycles. The molecule has 0 radical (unpaired) electrons. The lowest BCUT2D eigenvalue weighted by atomic mass is 9.93. The summed E-state index contributed by atoms with van der Waals surface area (Å²) in [6.07, 6.45) is 0.604. The maximum atomic E-state index is 9.20. The van der Waals surface area contributed by atoms with Gasteiger partial charge in [0.2, 0.25) is 0 Å². The lowest BCUT2D eigenvalue weighted by Crippen LogP contribution is -2.58. The van der Waals surface area contributed by atoms with E-state index in [1.807, 2.05) is 6.92 Å². The second-order valence-electron chi connectivity index (χ2n) is 3.72. The van der Waals surface area contributed by atoms with E-state index >= 15 is 0 Å². The van der Waals surface area contributed by atoms with Crippen LogP contribution in [-0.2, 0) is 0 Å². The fourth-order valence-corrected chi connectivity index (χ4v) is 1.68. The van der Waals surface area contributed by atoms with Crippen molar-refractivity contribution in [3.63, 3.8) is 0 Å². The molecule has 3 heteroatoms. The minimum absolute atomic E-state index is 0.0897. The van der Waals surface area contributed by atoms with Crippen LogP contribution in [0.1, 0.15) is 20.3 Å². The Bertz CT molecular complexity index is 119. The van der Waals surface area contributed by atoms with E-state index in [2.05, 4.69) is 17.6 Å². The van der Waals surface area contributed by atoms with Crippen molar-refractivity contribution in [1.29, 1.82) is 0 Å². The van der Waals surface area contributed by atoms with Crippen LogP contribution < -0.4 is 10.6 Å². The quantitative estimate of drug-likeness (QED) is 0.517. The largest absolute Gasteiger partial charge is 0.393 e. The van der Waals surface area contributed by atoms with Gasteiger partial charge < -0.3 is 15.7 Å². The molecule has 1 rings (SSSR count). The van der Waals surface area contributed by atoms with Crippen LogP contribution in [0.5, 0.6) is 0 Å². The molecule has 0 aromatic carbocycles. The van der Waals surface area contributed by atoms with E-state index < -0.39 is 0 Å². The highest BCUT2D eigenvalue weighted by atomic mass is 16.3. The molecule has 1 heterocycles. The Hall–Kier alpha value is -0.120. The number of piperazine rings is 1. The van der Waals surface area contributed by atoms with Crippen molar-refractivity contribution in [2.75, 3.05) is 19.6 Å². The molecular formula is C8H18N2O. The summed E-state index contributed by atoms with van der Waals surface area (Å²) in [6.45, 7) is 6.98. The van der Waals surface area contributed by atoms with Crippen molar-refractivity contribution in [1.82, 2.24) is 10.6 Å². The molecule has 1 aliphatic rings. The van der Waals surface area contributed by atoms with Gasteiger partial charge in [0, 0.05) is 25.2 Å². The van der Waals surface area contributed by atoms with Gasteiger partial charge in [-0.1, -0.05) is 0 Å². The third kappa shape index (κ3) is 2.77. The Morgan fingerprint density at radius 1 is 1.55 bits per heavy atom. The number of aliphatic hydroxyl groups is 1. The highest BCUT2D eigenvalue weighted by Crippen LogP contribution is 2.12. The van der Waals surface area contributed by atoms with Crippen molar-refractivity contribution >= 4 is 0 Å². The first-order valence-electron chi connectivity index (χ1n) is 4.26. The summed E-state index contributed by atoms with van der Waals surface area (Å²) in [4.78, 5) is 0. The molecule has 0 aromatic heterocycles. The molecule has 1 fully saturated rings. The van der Waals surface area contributed by atoms with Gasteiger partial charge in [-0.3, -0.25) is 0 Å². The summed E-state index contributed by atoms with van der Waals surface area (Å²) < 4.78 is 0. The van der Waals surface area contributed by atoms with Crippen molar-refractivity contribution in [3.05, 3.63) is 0 Å². The third-order valence-electron chi connectivity index (χ3n) is 2.11. The summed E-state index contributed by atoms with van der Waals surface area (Å²) in [5.41, 5.74) is 0.0897. The zero-order valence-corrected chi connectivity index (χ0v) is 7.35. The second kappa shape index (κ2) is 3.52. The average Bonchev–Trinajstić information content (AvgIpc) is 1.85. The van der Waals surface area contributed by atoms with Crippen LogP contribution in [0.4, 0.5) is 0 Å². The van der Waals surface area contributed by atoms with E-state index in [4.69, 9.17) is 0 Å². The zero-order chi connectivity index (χ0) is 8.32. The van der Waals surface area contributed by atoms with Gasteiger partial charge in [0.25, 0.3) is 0 Å². The molecule has 0 spiro atoms. The number of nitrogens with one attached hydrogen (secondary N) is 2. The van der Waals surface area contributed by atoms with E-state index in [1.165, 1.54) is 0 Å². The molecule has 0 aliphatic carbocycles. The zero-order valence-electron chi connectivity index (χ0n) is 7.35. The fraction of sp³-hybridized carbons (Fsp3) is 1.00. The van der Waals surface area contributed by atoms with Crippen molar-refractivity contribution in [3.8, 4) is 0 Å². The molecule has 11 heavy (non-hydrogen) atoms. The molecule has 3 N–H and O–H groups in total. The fourth-order valence-electron chi connectivity index (χ4n) is 1.68. The van der Waals surface area contributed by atoms with Crippen LogP contribution in [0.2, 0.25) is 0 Å². The van der Waals surface area contributed by atoms with Gasteiger partial charge in [-0.25, -0.2) is 0 Å². The van der Waals surface area contributed by atoms with E-state index in [9.17, 15) is 5.11 Å². The first-order valence-corrected chi connectivity index (χ1v) is 4.26. The Morgan fingerprint density at radius 3 is 2.73 bits per heavy atom. The normalized spacial score (nSPS) is 35.2. The number of aliphatic hydroxyl groups excluding tert-OH is 1. The van der Waals surface area contributed by atoms with Crippen molar-refractivity contribution in [2.24, 2.45) is 0 Å². The summed E-state index contributed by atoms with van der Waals surface area (Å²) in [5, 5.41) is 15.9. The van der Waals surface area contributed by atoms with Gasteiger partial charge in [-0.05, 0) is 20.3 Å². The van der Waals surface area contributed by atoms with Crippen LogP contribution in [0, 0.1) is 0 Å². The first kappa shape index (κ1) is 8.97. The molecule has 0 bridgehead atoms. The molecule has 2 atom stereocenters. The Labute approximate surface area is 68.2 Å². The van der Waals surface area contributed by atoms with Gasteiger partial charge >= 0.3 is 0 Å². The van der Waals surface area contributed by atoms with Gasteiger partial charge in [0.15, 0.2) is 0 Å². The summed E-state index contributed by atoms with van der Waals surface area (Å²) in [7, 11) is 0. The first-order chi connectivity index (χ1) is 5.12. The lowest BCUT2D eigenvalue weighted by Gasteiger charge is -2.36. The van der Waals surface area contributed by atoms with Crippen LogP contribution in [-0.4, -0.2) is 36.4 Å². The molecule has 1 unspecified atom stereocenters. The molecule has 0 aromatic rings. The van der Waals surface area contributed by atoms with Gasteiger partial charge in [-0.15, -0.1) is 0 Å². The van der Waals surface area contributed by atoms with Crippen molar-refractivity contribution < 1.29 is 5.11 Å². The topological polar surface area (TPSA) is 44.3 Å². The van der Waals surface area contributed by atoms with Crippen molar-refractivity contribution in [2.45, 2.75) is 31.9 Å². The SMILES string of the molecule is C[C@H](O)CC1(C)CNCCN1. The monoisotopic (exact) mass is 158 g/mol. The average molecular weight is 158 g/mol. The van der Waals surface area contributed by atoms with Crippen LogP contribution >= 0.6 is 0 Å². The molecular weight excluding hydrogens is 140 g/mol. The Balaban J connectivity index is 2.37.